The van der Waals surface area contributed by atoms with E-state index in [0.29, 0.717) is 6.04 Å². The van der Waals surface area contributed by atoms with Gasteiger partial charge in [-0.15, -0.1) is 0 Å². The molecule has 2 unspecified atom stereocenters. The van der Waals surface area contributed by atoms with E-state index < -0.39 is 0 Å². The van der Waals surface area contributed by atoms with Crippen LogP contribution in [0.3, 0.4) is 0 Å². The van der Waals surface area contributed by atoms with Crippen molar-refractivity contribution in [2.24, 2.45) is 11.8 Å². The summed E-state index contributed by atoms with van der Waals surface area (Å²) in [5.74, 6) is 1.60. The summed E-state index contributed by atoms with van der Waals surface area (Å²) in [5.41, 5.74) is 0. The molecule has 3 nitrogen and oxygen atoms in total. The first-order valence-corrected chi connectivity index (χ1v) is 6.09. The van der Waals surface area contributed by atoms with Crippen LogP contribution in [0.1, 0.15) is 40.0 Å². The predicted octanol–water partition coefficient (Wildman–Crippen LogP) is 1.54. The van der Waals surface area contributed by atoms with Crippen LogP contribution in [0.25, 0.3) is 0 Å². The SMILES string of the molecule is CC(=O)NCCNC1C(C)CCCC1C. The van der Waals surface area contributed by atoms with Gasteiger partial charge in [0, 0.05) is 26.1 Å². The molecule has 0 aromatic rings. The van der Waals surface area contributed by atoms with Gasteiger partial charge in [0.1, 0.15) is 0 Å². The van der Waals surface area contributed by atoms with E-state index in [1.54, 1.807) is 6.92 Å². The van der Waals surface area contributed by atoms with Crippen molar-refractivity contribution in [3.8, 4) is 0 Å². The molecule has 0 radical (unpaired) electrons. The Morgan fingerprint density at radius 3 is 2.33 bits per heavy atom. The molecule has 1 aliphatic carbocycles. The molecule has 0 saturated heterocycles. The van der Waals surface area contributed by atoms with Crippen molar-refractivity contribution in [2.45, 2.75) is 46.1 Å². The molecule has 1 aliphatic rings. The van der Waals surface area contributed by atoms with Gasteiger partial charge in [-0.3, -0.25) is 4.79 Å². The number of hydrogen-bond acceptors (Lipinski definition) is 2. The third kappa shape index (κ3) is 4.20. The molecule has 1 fully saturated rings. The lowest BCUT2D eigenvalue weighted by atomic mass is 9.79. The van der Waals surface area contributed by atoms with Crippen molar-refractivity contribution in [3.05, 3.63) is 0 Å². The molecule has 0 aromatic carbocycles. The summed E-state index contributed by atoms with van der Waals surface area (Å²) in [7, 11) is 0. The molecule has 0 aliphatic heterocycles. The first-order chi connectivity index (χ1) is 7.11. The Bertz CT molecular complexity index is 196. The van der Waals surface area contributed by atoms with E-state index in [-0.39, 0.29) is 5.91 Å². The average molecular weight is 212 g/mol. The molecule has 3 heteroatoms. The maximum atomic E-state index is 10.7. The first-order valence-electron chi connectivity index (χ1n) is 6.09. The molecule has 0 spiro atoms. The van der Waals surface area contributed by atoms with Crippen molar-refractivity contribution < 1.29 is 4.79 Å². The summed E-state index contributed by atoms with van der Waals surface area (Å²) in [6.45, 7) is 7.84. The minimum Gasteiger partial charge on any atom is -0.355 e. The highest BCUT2D eigenvalue weighted by atomic mass is 16.1. The second-order valence-electron chi connectivity index (χ2n) is 4.85. The smallest absolute Gasteiger partial charge is 0.216 e. The fraction of sp³-hybridized carbons (Fsp3) is 0.917. The number of carbonyl (C=O) groups is 1. The van der Waals surface area contributed by atoms with Gasteiger partial charge in [-0.1, -0.05) is 20.3 Å². The lowest BCUT2D eigenvalue weighted by Gasteiger charge is -2.35. The highest BCUT2D eigenvalue weighted by molar-refractivity contribution is 5.72. The van der Waals surface area contributed by atoms with Gasteiger partial charge >= 0.3 is 0 Å². The van der Waals surface area contributed by atoms with E-state index in [9.17, 15) is 4.79 Å². The van der Waals surface area contributed by atoms with Gasteiger partial charge in [0.15, 0.2) is 0 Å². The molecule has 0 heterocycles. The van der Waals surface area contributed by atoms with Gasteiger partial charge in [0.25, 0.3) is 0 Å². The topological polar surface area (TPSA) is 41.1 Å². The lowest BCUT2D eigenvalue weighted by molar-refractivity contribution is -0.118. The third-order valence-corrected chi connectivity index (χ3v) is 3.42. The largest absolute Gasteiger partial charge is 0.355 e. The van der Waals surface area contributed by atoms with Crippen LogP contribution in [-0.2, 0) is 4.79 Å². The van der Waals surface area contributed by atoms with Crippen LogP contribution in [0.15, 0.2) is 0 Å². The van der Waals surface area contributed by atoms with Gasteiger partial charge in [-0.05, 0) is 24.7 Å². The third-order valence-electron chi connectivity index (χ3n) is 3.42. The number of nitrogens with one attached hydrogen (secondary N) is 2. The minimum absolute atomic E-state index is 0.0570. The van der Waals surface area contributed by atoms with Crippen LogP contribution in [0.4, 0.5) is 0 Å². The highest BCUT2D eigenvalue weighted by Crippen LogP contribution is 2.28. The zero-order valence-corrected chi connectivity index (χ0v) is 10.2. The molecule has 1 amide bonds. The Labute approximate surface area is 93.0 Å². The zero-order chi connectivity index (χ0) is 11.3. The fourth-order valence-electron chi connectivity index (χ4n) is 2.56. The second-order valence-corrected chi connectivity index (χ2v) is 4.85. The highest BCUT2D eigenvalue weighted by Gasteiger charge is 2.26. The zero-order valence-electron chi connectivity index (χ0n) is 10.2. The average Bonchev–Trinajstić information content (AvgIpc) is 2.15. The molecule has 15 heavy (non-hydrogen) atoms. The summed E-state index contributed by atoms with van der Waals surface area (Å²) in [5, 5.41) is 6.38. The van der Waals surface area contributed by atoms with E-state index in [0.717, 1.165) is 24.9 Å². The van der Waals surface area contributed by atoms with Crippen LogP contribution in [-0.4, -0.2) is 25.0 Å². The van der Waals surface area contributed by atoms with Gasteiger partial charge in [0.05, 0.1) is 0 Å². The molecular formula is C12H24N2O. The molecule has 88 valence electrons. The van der Waals surface area contributed by atoms with Gasteiger partial charge in [0.2, 0.25) is 5.91 Å². The van der Waals surface area contributed by atoms with E-state index in [1.807, 2.05) is 0 Å². The maximum absolute atomic E-state index is 10.7. The summed E-state index contributed by atoms with van der Waals surface area (Å²) in [4.78, 5) is 10.7. The van der Waals surface area contributed by atoms with Crippen LogP contribution < -0.4 is 10.6 Å². The summed E-state index contributed by atoms with van der Waals surface area (Å²) < 4.78 is 0. The van der Waals surface area contributed by atoms with Crippen molar-refractivity contribution in [3.63, 3.8) is 0 Å². The Kier molecular flexibility index (Phi) is 5.09. The summed E-state index contributed by atoms with van der Waals surface area (Å²) >= 11 is 0. The Hall–Kier alpha value is -0.570. The second kappa shape index (κ2) is 6.11. The number of carbonyl (C=O) groups excluding carboxylic acids is 1. The lowest BCUT2D eigenvalue weighted by Crippen LogP contribution is -2.45. The fourth-order valence-corrected chi connectivity index (χ4v) is 2.56. The maximum Gasteiger partial charge on any atom is 0.216 e. The van der Waals surface area contributed by atoms with Gasteiger partial charge < -0.3 is 10.6 Å². The van der Waals surface area contributed by atoms with E-state index >= 15 is 0 Å². The van der Waals surface area contributed by atoms with Crippen LogP contribution in [0.5, 0.6) is 0 Å². The Morgan fingerprint density at radius 2 is 1.80 bits per heavy atom. The normalized spacial score (nSPS) is 31.3. The van der Waals surface area contributed by atoms with Crippen molar-refractivity contribution in [2.75, 3.05) is 13.1 Å². The molecular weight excluding hydrogens is 188 g/mol. The monoisotopic (exact) mass is 212 g/mol. The number of hydrogen-bond donors (Lipinski definition) is 2. The van der Waals surface area contributed by atoms with E-state index in [1.165, 1.54) is 19.3 Å². The summed E-state index contributed by atoms with van der Waals surface area (Å²) in [6, 6.07) is 0.632. The van der Waals surface area contributed by atoms with Crippen LogP contribution >= 0.6 is 0 Å². The van der Waals surface area contributed by atoms with Crippen LogP contribution in [0, 0.1) is 11.8 Å². The number of rotatable bonds is 4. The molecule has 1 saturated carbocycles. The van der Waals surface area contributed by atoms with Crippen molar-refractivity contribution >= 4 is 5.91 Å². The van der Waals surface area contributed by atoms with Crippen molar-refractivity contribution in [1.82, 2.24) is 10.6 Å². The predicted molar refractivity (Wildman–Crippen MR) is 62.7 cm³/mol. The van der Waals surface area contributed by atoms with E-state index in [4.69, 9.17) is 0 Å². The molecule has 0 bridgehead atoms. The van der Waals surface area contributed by atoms with Crippen LogP contribution in [0.2, 0.25) is 0 Å². The number of amides is 1. The quantitative estimate of drug-likeness (QED) is 0.694. The molecule has 0 aromatic heterocycles. The van der Waals surface area contributed by atoms with Crippen molar-refractivity contribution in [1.29, 1.82) is 0 Å². The minimum atomic E-state index is 0.0570. The standard InChI is InChI=1S/C12H24N2O/c1-9-5-4-6-10(2)12(9)14-8-7-13-11(3)15/h9-10,12,14H,4-8H2,1-3H3,(H,13,15). The van der Waals surface area contributed by atoms with Gasteiger partial charge in [-0.25, -0.2) is 0 Å². The summed E-state index contributed by atoms with van der Waals surface area (Å²) in [6.07, 6.45) is 4.04. The molecule has 2 N–H and O–H groups in total. The van der Waals surface area contributed by atoms with Gasteiger partial charge in [-0.2, -0.15) is 0 Å². The first kappa shape index (κ1) is 12.5. The molecule has 1 rings (SSSR count). The Morgan fingerprint density at radius 1 is 1.20 bits per heavy atom. The molecule has 2 atom stereocenters. The Balaban J connectivity index is 2.20. The van der Waals surface area contributed by atoms with E-state index in [2.05, 4.69) is 24.5 Å².